The van der Waals surface area contributed by atoms with E-state index in [0.29, 0.717) is 11.1 Å². The van der Waals surface area contributed by atoms with E-state index in [4.69, 9.17) is 4.74 Å². The molecule has 7 nitrogen and oxygen atoms in total. The van der Waals surface area contributed by atoms with Gasteiger partial charge in [-0.05, 0) is 36.2 Å². The van der Waals surface area contributed by atoms with Gasteiger partial charge in [0.2, 0.25) is 10.0 Å². The van der Waals surface area contributed by atoms with Crippen molar-refractivity contribution in [2.24, 2.45) is 0 Å². The molecule has 0 fully saturated rings. The number of rotatable bonds is 5. The van der Waals surface area contributed by atoms with E-state index in [-0.39, 0.29) is 22.8 Å². The molecule has 2 N–H and O–H groups in total. The maximum absolute atomic E-state index is 12.1. The third-order valence-electron chi connectivity index (χ3n) is 3.62. The maximum Gasteiger partial charge on any atom is 0.342 e. The summed E-state index contributed by atoms with van der Waals surface area (Å²) in [7, 11) is -0.737. The van der Waals surface area contributed by atoms with Crippen molar-refractivity contribution in [1.29, 1.82) is 0 Å². The van der Waals surface area contributed by atoms with Gasteiger partial charge >= 0.3 is 5.97 Å². The van der Waals surface area contributed by atoms with E-state index >= 15 is 0 Å². The lowest BCUT2D eigenvalue weighted by Crippen LogP contribution is -2.22. The van der Waals surface area contributed by atoms with Crippen LogP contribution in [0.25, 0.3) is 0 Å². The number of aryl methyl sites for hydroxylation is 1. The fraction of sp³-hybridized carbons (Fsp3) is 0.235. The van der Waals surface area contributed by atoms with Gasteiger partial charge in [-0.25, -0.2) is 17.5 Å². The van der Waals surface area contributed by atoms with Crippen LogP contribution in [0.1, 0.15) is 21.5 Å². The van der Waals surface area contributed by atoms with Gasteiger partial charge in [-0.3, -0.25) is 0 Å². The number of ether oxygens (including phenoxy) is 1. The molecule has 0 atom stereocenters. The highest BCUT2D eigenvalue weighted by Gasteiger charge is 2.19. The molecule has 0 aliphatic carbocycles. The molecule has 0 saturated heterocycles. The second kappa shape index (κ2) is 7.12. The lowest BCUT2D eigenvalue weighted by molar-refractivity contribution is 0.0468. The van der Waals surface area contributed by atoms with Gasteiger partial charge in [-0.1, -0.05) is 18.2 Å². The van der Waals surface area contributed by atoms with E-state index in [1.165, 1.54) is 38.4 Å². The second-order valence-corrected chi connectivity index (χ2v) is 7.79. The first kappa shape index (κ1) is 18.8. The van der Waals surface area contributed by atoms with Gasteiger partial charge in [-0.2, -0.15) is 0 Å². The Bertz CT molecular complexity index is 905. The summed E-state index contributed by atoms with van der Waals surface area (Å²) in [5, 5.41) is 19.5. The van der Waals surface area contributed by atoms with E-state index in [1.807, 2.05) is 0 Å². The number of carbonyl (C=O) groups excluding carboxylic acids is 1. The van der Waals surface area contributed by atoms with E-state index in [0.717, 1.165) is 4.31 Å². The first-order chi connectivity index (χ1) is 11.6. The zero-order valence-electron chi connectivity index (χ0n) is 14.1. The summed E-state index contributed by atoms with van der Waals surface area (Å²) in [6.45, 7) is 1.41. The molecular weight excluding hydrogens is 346 g/mol. The molecule has 0 aliphatic rings. The topological polar surface area (TPSA) is 104 Å². The molecule has 0 amide bonds. The average Bonchev–Trinajstić information content (AvgIpc) is 2.58. The van der Waals surface area contributed by atoms with Crippen LogP contribution in [0.5, 0.6) is 11.5 Å². The van der Waals surface area contributed by atoms with Gasteiger partial charge in [0.05, 0.1) is 4.90 Å². The van der Waals surface area contributed by atoms with Gasteiger partial charge in [0.15, 0.2) is 11.5 Å². The highest BCUT2D eigenvalue weighted by Crippen LogP contribution is 2.32. The molecule has 0 heterocycles. The Morgan fingerprint density at radius 3 is 2.44 bits per heavy atom. The summed E-state index contributed by atoms with van der Waals surface area (Å²) in [4.78, 5) is 12.2. The van der Waals surface area contributed by atoms with Crippen molar-refractivity contribution in [1.82, 2.24) is 4.31 Å². The first-order valence-electron chi connectivity index (χ1n) is 7.34. The van der Waals surface area contributed by atoms with Gasteiger partial charge in [-0.15, -0.1) is 0 Å². The first-order valence-corrected chi connectivity index (χ1v) is 8.78. The molecule has 2 rings (SSSR count). The van der Waals surface area contributed by atoms with E-state index in [1.54, 1.807) is 19.1 Å². The Morgan fingerprint density at radius 2 is 1.80 bits per heavy atom. The second-order valence-electron chi connectivity index (χ2n) is 5.64. The van der Waals surface area contributed by atoms with Crippen molar-refractivity contribution in [2.45, 2.75) is 18.4 Å². The molecule has 0 aliphatic heterocycles. The molecule has 2 aromatic carbocycles. The van der Waals surface area contributed by atoms with E-state index in [2.05, 4.69) is 0 Å². The number of hydrogen-bond acceptors (Lipinski definition) is 6. The fourth-order valence-electron chi connectivity index (χ4n) is 2.08. The minimum absolute atomic E-state index is 0.0851. The largest absolute Gasteiger partial charge is 0.504 e. The number of benzene rings is 2. The molecule has 0 radical (unpaired) electrons. The summed E-state index contributed by atoms with van der Waals surface area (Å²) in [6.07, 6.45) is 0. The van der Waals surface area contributed by atoms with Crippen molar-refractivity contribution in [2.75, 3.05) is 14.1 Å². The van der Waals surface area contributed by atoms with Gasteiger partial charge in [0.25, 0.3) is 0 Å². The van der Waals surface area contributed by atoms with Crippen molar-refractivity contribution < 1.29 is 28.2 Å². The predicted octanol–water partition coefficient (Wildman–Crippen LogP) is 2.01. The number of nitrogens with zero attached hydrogens (tertiary/aromatic N) is 1. The number of aromatic hydroxyl groups is 2. The molecule has 0 saturated carbocycles. The molecule has 134 valence electrons. The summed E-state index contributed by atoms with van der Waals surface area (Å²) in [5.41, 5.74) is 0.739. The van der Waals surface area contributed by atoms with Crippen LogP contribution in [-0.2, 0) is 21.4 Å². The SMILES string of the molecule is Cc1ccc(C(=O)OCc2cccc(S(=O)(=O)N(C)C)c2)c(O)c1O. The molecule has 0 unspecified atom stereocenters. The average molecular weight is 365 g/mol. The number of phenols is 2. The molecule has 2 aromatic rings. The number of sulfonamides is 1. The standard InChI is InChI=1S/C17H19NO6S/c1-11-7-8-14(16(20)15(11)19)17(21)24-10-12-5-4-6-13(9-12)25(22,23)18(2)3/h4-9,19-20H,10H2,1-3H3. The minimum Gasteiger partial charge on any atom is -0.504 e. The lowest BCUT2D eigenvalue weighted by atomic mass is 10.1. The highest BCUT2D eigenvalue weighted by atomic mass is 32.2. The zero-order valence-corrected chi connectivity index (χ0v) is 14.9. The normalized spacial score (nSPS) is 11.5. The number of esters is 1. The van der Waals surface area contributed by atoms with Crippen LogP contribution in [0, 0.1) is 6.92 Å². The predicted molar refractivity (Wildman–Crippen MR) is 90.9 cm³/mol. The van der Waals surface area contributed by atoms with Gasteiger partial charge in [0, 0.05) is 14.1 Å². The third-order valence-corrected chi connectivity index (χ3v) is 5.43. The number of phenolic OH excluding ortho intramolecular Hbond substituents is 2. The quantitative estimate of drug-likeness (QED) is 0.620. The lowest BCUT2D eigenvalue weighted by Gasteiger charge is -2.12. The minimum atomic E-state index is -3.59. The van der Waals surface area contributed by atoms with E-state index in [9.17, 15) is 23.4 Å². The van der Waals surface area contributed by atoms with Crippen molar-refractivity contribution in [3.05, 3.63) is 53.1 Å². The molecule has 0 bridgehead atoms. The Morgan fingerprint density at radius 1 is 1.12 bits per heavy atom. The summed E-state index contributed by atoms with van der Waals surface area (Å²) in [6, 6.07) is 8.86. The Hall–Kier alpha value is -2.58. The van der Waals surface area contributed by atoms with Crippen LogP contribution < -0.4 is 0 Å². The molecule has 0 spiro atoms. The Kier molecular flexibility index (Phi) is 5.34. The highest BCUT2D eigenvalue weighted by molar-refractivity contribution is 7.89. The van der Waals surface area contributed by atoms with Crippen LogP contribution in [0.4, 0.5) is 0 Å². The van der Waals surface area contributed by atoms with Crippen molar-refractivity contribution in [3.63, 3.8) is 0 Å². The molecule has 8 heteroatoms. The van der Waals surface area contributed by atoms with Crippen LogP contribution in [0.2, 0.25) is 0 Å². The fourth-order valence-corrected chi connectivity index (χ4v) is 3.05. The zero-order chi connectivity index (χ0) is 18.8. The third kappa shape index (κ3) is 3.92. The molecule has 25 heavy (non-hydrogen) atoms. The van der Waals surface area contributed by atoms with Crippen LogP contribution in [0.3, 0.4) is 0 Å². The van der Waals surface area contributed by atoms with Crippen molar-refractivity contribution in [3.8, 4) is 11.5 Å². The van der Waals surface area contributed by atoms with Gasteiger partial charge < -0.3 is 14.9 Å². The van der Waals surface area contributed by atoms with Crippen LogP contribution in [0.15, 0.2) is 41.3 Å². The Balaban J connectivity index is 2.17. The van der Waals surface area contributed by atoms with Crippen LogP contribution >= 0.6 is 0 Å². The monoisotopic (exact) mass is 365 g/mol. The van der Waals surface area contributed by atoms with Crippen molar-refractivity contribution >= 4 is 16.0 Å². The number of hydrogen-bond donors (Lipinski definition) is 2. The summed E-state index contributed by atoms with van der Waals surface area (Å²) < 4.78 is 30.4. The van der Waals surface area contributed by atoms with Gasteiger partial charge in [0.1, 0.15) is 12.2 Å². The summed E-state index contributed by atoms with van der Waals surface area (Å²) >= 11 is 0. The summed E-state index contributed by atoms with van der Waals surface area (Å²) in [5.74, 6) is -1.75. The Labute approximate surface area is 146 Å². The van der Waals surface area contributed by atoms with Crippen LogP contribution in [-0.4, -0.2) is 43.0 Å². The number of carbonyl (C=O) groups is 1. The molecular formula is C17H19NO6S. The maximum atomic E-state index is 12.1. The van der Waals surface area contributed by atoms with E-state index < -0.39 is 21.7 Å². The smallest absolute Gasteiger partial charge is 0.342 e. The molecule has 0 aromatic heterocycles.